The van der Waals surface area contributed by atoms with Crippen molar-refractivity contribution in [2.24, 2.45) is 12.1 Å². The van der Waals surface area contributed by atoms with E-state index in [-0.39, 0.29) is 11.4 Å². The monoisotopic (exact) mass is 284 g/mol. The van der Waals surface area contributed by atoms with E-state index in [4.69, 9.17) is 0 Å². The number of aryl methyl sites for hydroxylation is 1. The van der Waals surface area contributed by atoms with E-state index in [1.807, 2.05) is 0 Å². The molecule has 0 saturated heterocycles. The summed E-state index contributed by atoms with van der Waals surface area (Å²) in [5, 5.41) is 17.8. The Morgan fingerprint density at radius 2 is 2.33 bits per heavy atom. The van der Waals surface area contributed by atoms with E-state index >= 15 is 0 Å². The maximum atomic E-state index is 11.7. The molecule has 0 fully saturated rings. The number of benzene rings is 1. The van der Waals surface area contributed by atoms with Gasteiger partial charge in [-0.3, -0.25) is 9.48 Å². The van der Waals surface area contributed by atoms with E-state index in [2.05, 4.69) is 22.2 Å². The van der Waals surface area contributed by atoms with E-state index in [0.717, 1.165) is 5.56 Å². The van der Waals surface area contributed by atoms with Crippen LogP contribution < -0.4 is 5.43 Å². The lowest BCUT2D eigenvalue weighted by Crippen LogP contribution is -2.18. The van der Waals surface area contributed by atoms with Crippen molar-refractivity contribution in [1.82, 2.24) is 15.2 Å². The number of amides is 1. The third-order valence-corrected chi connectivity index (χ3v) is 2.83. The number of hydrazone groups is 1. The average Bonchev–Trinajstić information content (AvgIpc) is 2.89. The Kier molecular flexibility index (Phi) is 4.50. The molecule has 0 spiro atoms. The zero-order valence-corrected chi connectivity index (χ0v) is 11.7. The first-order chi connectivity index (χ1) is 10.1. The van der Waals surface area contributed by atoms with Gasteiger partial charge in [-0.25, -0.2) is 5.43 Å². The minimum absolute atomic E-state index is 0.133. The molecule has 0 atom stereocenters. The fourth-order valence-corrected chi connectivity index (χ4v) is 1.79. The number of phenolic OH excluding ortho intramolecular Hbond substituents is 1. The van der Waals surface area contributed by atoms with Crippen LogP contribution in [0.25, 0.3) is 0 Å². The van der Waals surface area contributed by atoms with Crippen LogP contribution in [0.2, 0.25) is 0 Å². The quantitative estimate of drug-likeness (QED) is 0.497. The first kappa shape index (κ1) is 14.5. The number of carbonyl (C=O) groups excluding carboxylic acids is 1. The molecule has 0 radical (unpaired) electrons. The molecule has 0 aliphatic heterocycles. The Bertz CT molecular complexity index is 689. The van der Waals surface area contributed by atoms with Crippen LogP contribution in [0.5, 0.6) is 5.75 Å². The number of nitrogens with zero attached hydrogens (tertiary/aromatic N) is 3. The van der Waals surface area contributed by atoms with Crippen LogP contribution in [0, 0.1) is 0 Å². The van der Waals surface area contributed by atoms with Gasteiger partial charge >= 0.3 is 0 Å². The van der Waals surface area contributed by atoms with Crippen LogP contribution in [0.1, 0.15) is 21.6 Å². The van der Waals surface area contributed by atoms with Gasteiger partial charge in [0.05, 0.1) is 6.21 Å². The molecule has 21 heavy (non-hydrogen) atoms. The Morgan fingerprint density at radius 1 is 1.52 bits per heavy atom. The van der Waals surface area contributed by atoms with Gasteiger partial charge in [0.2, 0.25) is 0 Å². The first-order valence-corrected chi connectivity index (χ1v) is 6.36. The largest absolute Gasteiger partial charge is 0.507 e. The fraction of sp³-hybridized carbons (Fsp3) is 0.133. The first-order valence-electron chi connectivity index (χ1n) is 6.36. The molecule has 1 aromatic carbocycles. The minimum atomic E-state index is -0.409. The van der Waals surface area contributed by atoms with Gasteiger partial charge in [0, 0.05) is 18.8 Å². The average molecular weight is 284 g/mol. The maximum Gasteiger partial charge on any atom is 0.291 e. The number of allylic oxidation sites excluding steroid dienone is 1. The normalized spacial score (nSPS) is 10.7. The summed E-state index contributed by atoms with van der Waals surface area (Å²) in [6.07, 6.45) is 5.33. The number of phenols is 1. The van der Waals surface area contributed by atoms with Crippen LogP contribution in [-0.2, 0) is 13.5 Å². The highest BCUT2D eigenvalue weighted by Crippen LogP contribution is 2.21. The minimum Gasteiger partial charge on any atom is -0.507 e. The number of hydrogen-bond acceptors (Lipinski definition) is 4. The summed E-state index contributed by atoms with van der Waals surface area (Å²) in [6.45, 7) is 3.64. The molecule has 6 nitrogen and oxygen atoms in total. The van der Waals surface area contributed by atoms with Gasteiger partial charge in [-0.05, 0) is 24.1 Å². The number of aromatic nitrogens is 2. The number of para-hydroxylation sites is 1. The highest BCUT2D eigenvalue weighted by atomic mass is 16.3. The highest BCUT2D eigenvalue weighted by Gasteiger charge is 2.07. The number of rotatable bonds is 5. The molecule has 0 unspecified atom stereocenters. The van der Waals surface area contributed by atoms with Crippen LogP contribution in [0.3, 0.4) is 0 Å². The molecule has 2 aromatic rings. The smallest absolute Gasteiger partial charge is 0.291 e. The predicted octanol–water partition coefficient (Wildman–Crippen LogP) is 1.62. The van der Waals surface area contributed by atoms with E-state index in [1.165, 1.54) is 10.9 Å². The van der Waals surface area contributed by atoms with E-state index < -0.39 is 5.91 Å². The van der Waals surface area contributed by atoms with Gasteiger partial charge in [0.25, 0.3) is 5.91 Å². The third kappa shape index (κ3) is 3.56. The lowest BCUT2D eigenvalue weighted by Gasteiger charge is -2.04. The molecule has 0 bridgehead atoms. The van der Waals surface area contributed by atoms with Gasteiger partial charge in [0.15, 0.2) is 5.69 Å². The van der Waals surface area contributed by atoms with Crippen LogP contribution in [-0.4, -0.2) is 27.0 Å². The van der Waals surface area contributed by atoms with Crippen LogP contribution in [0.4, 0.5) is 0 Å². The third-order valence-electron chi connectivity index (χ3n) is 2.83. The highest BCUT2D eigenvalue weighted by molar-refractivity contribution is 5.93. The van der Waals surface area contributed by atoms with Crippen molar-refractivity contribution in [1.29, 1.82) is 0 Å². The Balaban J connectivity index is 2.06. The summed E-state index contributed by atoms with van der Waals surface area (Å²) in [5.41, 5.74) is 3.92. The summed E-state index contributed by atoms with van der Waals surface area (Å²) >= 11 is 0. The molecule has 2 N–H and O–H groups in total. The summed E-state index contributed by atoms with van der Waals surface area (Å²) < 4.78 is 1.53. The van der Waals surface area contributed by atoms with Gasteiger partial charge in [0.1, 0.15) is 5.75 Å². The van der Waals surface area contributed by atoms with Crippen LogP contribution >= 0.6 is 0 Å². The molecular weight excluding hydrogens is 268 g/mol. The van der Waals surface area contributed by atoms with Gasteiger partial charge < -0.3 is 5.11 Å². The summed E-state index contributed by atoms with van der Waals surface area (Å²) in [4.78, 5) is 11.7. The SMILES string of the molecule is C=CCc1cccc(/C=N\NC(=O)c2ccn(C)n2)c1O. The number of aromatic hydroxyl groups is 1. The summed E-state index contributed by atoms with van der Waals surface area (Å²) in [5.74, 6) is -0.276. The van der Waals surface area contributed by atoms with E-state index in [0.29, 0.717) is 12.0 Å². The van der Waals surface area contributed by atoms with Crippen molar-refractivity contribution in [2.75, 3.05) is 0 Å². The van der Waals surface area contributed by atoms with E-state index in [1.54, 1.807) is 43.6 Å². The second-order valence-corrected chi connectivity index (χ2v) is 4.42. The van der Waals surface area contributed by atoms with Gasteiger partial charge in [-0.1, -0.05) is 18.2 Å². The van der Waals surface area contributed by atoms with Crippen molar-refractivity contribution >= 4 is 12.1 Å². The molecule has 0 aliphatic carbocycles. The van der Waals surface area contributed by atoms with Gasteiger partial charge in [-0.15, -0.1) is 6.58 Å². The summed E-state index contributed by atoms with van der Waals surface area (Å²) in [6, 6.07) is 6.91. The van der Waals surface area contributed by atoms with E-state index in [9.17, 15) is 9.90 Å². The van der Waals surface area contributed by atoms with Crippen molar-refractivity contribution < 1.29 is 9.90 Å². The summed E-state index contributed by atoms with van der Waals surface area (Å²) in [7, 11) is 1.73. The molecule has 0 saturated carbocycles. The second-order valence-electron chi connectivity index (χ2n) is 4.42. The number of nitrogens with one attached hydrogen (secondary N) is 1. The van der Waals surface area contributed by atoms with Crippen molar-refractivity contribution in [3.63, 3.8) is 0 Å². The molecule has 6 heteroatoms. The van der Waals surface area contributed by atoms with Crippen LogP contribution in [0.15, 0.2) is 48.2 Å². The predicted molar refractivity (Wildman–Crippen MR) is 80.3 cm³/mol. The lowest BCUT2D eigenvalue weighted by molar-refractivity contribution is 0.0949. The number of hydrogen-bond donors (Lipinski definition) is 2. The van der Waals surface area contributed by atoms with Crippen molar-refractivity contribution in [3.8, 4) is 5.75 Å². The Morgan fingerprint density at radius 3 is 3.00 bits per heavy atom. The second kappa shape index (κ2) is 6.51. The molecule has 1 heterocycles. The zero-order chi connectivity index (χ0) is 15.2. The molecule has 1 amide bonds. The lowest BCUT2D eigenvalue weighted by atomic mass is 10.1. The number of carbonyl (C=O) groups is 1. The van der Waals surface area contributed by atoms with Gasteiger partial charge in [-0.2, -0.15) is 10.2 Å². The standard InChI is InChI=1S/C15H16N4O2/c1-3-5-11-6-4-7-12(14(11)20)10-16-17-15(21)13-8-9-19(2)18-13/h3-4,6-10,20H,1,5H2,2H3,(H,17,21)/b16-10-. The fourth-order valence-electron chi connectivity index (χ4n) is 1.79. The molecule has 0 aliphatic rings. The Hall–Kier alpha value is -2.89. The maximum absolute atomic E-state index is 11.7. The molecule has 2 rings (SSSR count). The molecule has 108 valence electrons. The topological polar surface area (TPSA) is 79.5 Å². The molecule has 1 aromatic heterocycles. The molecular formula is C15H16N4O2. The van der Waals surface area contributed by atoms with Crippen molar-refractivity contribution in [3.05, 3.63) is 59.9 Å². The zero-order valence-electron chi connectivity index (χ0n) is 11.7. The van der Waals surface area contributed by atoms with Crippen molar-refractivity contribution in [2.45, 2.75) is 6.42 Å². The Labute approximate surface area is 122 Å².